The second kappa shape index (κ2) is 5.80. The molecule has 0 aliphatic heterocycles. The average molecular weight is 239 g/mol. The number of thiophene rings is 1. The molecule has 16 heavy (non-hydrogen) atoms. The Morgan fingerprint density at radius 3 is 2.81 bits per heavy atom. The highest BCUT2D eigenvalue weighted by atomic mass is 32.1. The van der Waals surface area contributed by atoms with E-state index in [0.717, 1.165) is 6.42 Å². The van der Waals surface area contributed by atoms with E-state index in [0.29, 0.717) is 6.10 Å². The minimum Gasteiger partial charge on any atom is -0.369 e. The summed E-state index contributed by atoms with van der Waals surface area (Å²) in [6.07, 6.45) is 6.52. The third-order valence-corrected chi connectivity index (χ3v) is 4.07. The van der Waals surface area contributed by atoms with Gasteiger partial charge >= 0.3 is 0 Å². The fourth-order valence-corrected chi connectivity index (χ4v) is 2.99. The highest BCUT2D eigenvalue weighted by Gasteiger charge is 2.25. The molecule has 1 fully saturated rings. The minimum absolute atomic E-state index is 0.0966. The quantitative estimate of drug-likeness (QED) is 0.853. The fraction of sp³-hybridized carbons (Fsp3) is 0.692. The predicted octanol–water partition coefficient (Wildman–Crippen LogP) is 3.49. The summed E-state index contributed by atoms with van der Waals surface area (Å²) in [5.41, 5.74) is 7.42. The summed E-state index contributed by atoms with van der Waals surface area (Å²) < 4.78 is 6.19. The first-order valence-corrected chi connectivity index (χ1v) is 7.18. The second-order valence-corrected chi connectivity index (χ2v) is 5.37. The number of ether oxygens (including phenoxy) is 1. The minimum atomic E-state index is 0.0966. The van der Waals surface area contributed by atoms with Crippen LogP contribution in [-0.4, -0.2) is 12.1 Å². The fourth-order valence-electron chi connectivity index (χ4n) is 2.31. The smallest absolute Gasteiger partial charge is 0.0987 e. The highest BCUT2D eigenvalue weighted by Crippen LogP contribution is 2.31. The van der Waals surface area contributed by atoms with Gasteiger partial charge in [0.2, 0.25) is 0 Å². The molecule has 0 saturated heterocycles. The summed E-state index contributed by atoms with van der Waals surface area (Å²) in [5.74, 6) is 0. The zero-order valence-corrected chi connectivity index (χ0v) is 10.7. The van der Waals surface area contributed by atoms with E-state index in [2.05, 4.69) is 23.8 Å². The zero-order chi connectivity index (χ0) is 11.4. The summed E-state index contributed by atoms with van der Waals surface area (Å²) in [6, 6.07) is 2.26. The molecule has 0 spiro atoms. The molecule has 1 heterocycles. The van der Waals surface area contributed by atoms with Gasteiger partial charge in [-0.3, -0.25) is 0 Å². The molecule has 3 heteroatoms. The summed E-state index contributed by atoms with van der Waals surface area (Å²) in [7, 11) is 0. The van der Waals surface area contributed by atoms with Gasteiger partial charge in [0.15, 0.2) is 0 Å². The standard InChI is InChI=1S/C13H21NOS/c1-2-12(14)13(10-7-8-16-9-10)15-11-5-3-4-6-11/h7-9,11-13H,2-6,14H2,1H3. The lowest BCUT2D eigenvalue weighted by Gasteiger charge is -2.26. The summed E-state index contributed by atoms with van der Waals surface area (Å²) in [5, 5.41) is 4.26. The first-order valence-electron chi connectivity index (χ1n) is 6.24. The van der Waals surface area contributed by atoms with Crippen LogP contribution in [0.3, 0.4) is 0 Å². The van der Waals surface area contributed by atoms with Crippen molar-refractivity contribution in [2.75, 3.05) is 0 Å². The van der Waals surface area contributed by atoms with Crippen molar-refractivity contribution in [1.29, 1.82) is 0 Å². The zero-order valence-electron chi connectivity index (χ0n) is 9.89. The van der Waals surface area contributed by atoms with Crippen LogP contribution in [0.15, 0.2) is 16.8 Å². The van der Waals surface area contributed by atoms with Gasteiger partial charge in [0.25, 0.3) is 0 Å². The molecule has 1 aromatic rings. The van der Waals surface area contributed by atoms with Crippen molar-refractivity contribution in [3.63, 3.8) is 0 Å². The maximum atomic E-state index is 6.19. The van der Waals surface area contributed by atoms with Crippen LogP contribution in [0.5, 0.6) is 0 Å². The molecule has 0 bridgehead atoms. The van der Waals surface area contributed by atoms with Crippen molar-refractivity contribution < 1.29 is 4.74 Å². The van der Waals surface area contributed by atoms with E-state index in [-0.39, 0.29) is 12.1 Å². The Labute approximate surface area is 102 Å². The Bertz CT molecular complexity index is 293. The van der Waals surface area contributed by atoms with Gasteiger partial charge < -0.3 is 10.5 Å². The van der Waals surface area contributed by atoms with Crippen LogP contribution < -0.4 is 5.73 Å². The molecular weight excluding hydrogens is 218 g/mol. The largest absolute Gasteiger partial charge is 0.369 e. The molecule has 2 rings (SSSR count). The van der Waals surface area contributed by atoms with Gasteiger partial charge in [-0.1, -0.05) is 19.8 Å². The van der Waals surface area contributed by atoms with Gasteiger partial charge in [0.05, 0.1) is 12.2 Å². The molecule has 0 aromatic carbocycles. The summed E-state index contributed by atoms with van der Waals surface area (Å²) in [4.78, 5) is 0. The van der Waals surface area contributed by atoms with E-state index in [1.54, 1.807) is 11.3 Å². The van der Waals surface area contributed by atoms with Gasteiger partial charge in [0.1, 0.15) is 0 Å². The number of nitrogens with two attached hydrogens (primary N) is 1. The van der Waals surface area contributed by atoms with E-state index in [9.17, 15) is 0 Å². The van der Waals surface area contributed by atoms with Crippen LogP contribution in [0.1, 0.15) is 50.7 Å². The predicted molar refractivity (Wildman–Crippen MR) is 68.7 cm³/mol. The Balaban J connectivity index is 2.02. The van der Waals surface area contributed by atoms with Crippen LogP contribution >= 0.6 is 11.3 Å². The van der Waals surface area contributed by atoms with Gasteiger partial charge in [-0.05, 0) is 41.7 Å². The second-order valence-electron chi connectivity index (χ2n) is 4.59. The maximum Gasteiger partial charge on any atom is 0.0987 e. The van der Waals surface area contributed by atoms with Gasteiger partial charge in [-0.2, -0.15) is 11.3 Å². The van der Waals surface area contributed by atoms with Gasteiger partial charge in [0, 0.05) is 6.04 Å². The SMILES string of the molecule is CCC(N)C(OC1CCCC1)c1ccsc1. The molecule has 2 atom stereocenters. The third kappa shape index (κ3) is 2.84. The van der Waals surface area contributed by atoms with E-state index in [1.807, 2.05) is 0 Å². The molecule has 90 valence electrons. The Hall–Kier alpha value is -0.380. The van der Waals surface area contributed by atoms with Crippen molar-refractivity contribution in [3.05, 3.63) is 22.4 Å². The van der Waals surface area contributed by atoms with E-state index >= 15 is 0 Å². The molecule has 1 saturated carbocycles. The number of rotatable bonds is 5. The monoisotopic (exact) mass is 239 g/mol. The first-order chi connectivity index (χ1) is 7.81. The lowest BCUT2D eigenvalue weighted by molar-refractivity contribution is -0.0234. The van der Waals surface area contributed by atoms with Crippen LogP contribution in [-0.2, 0) is 4.74 Å². The van der Waals surface area contributed by atoms with Crippen LogP contribution in [0.25, 0.3) is 0 Å². The Kier molecular flexibility index (Phi) is 4.38. The summed E-state index contributed by atoms with van der Waals surface area (Å²) in [6.45, 7) is 2.13. The molecule has 0 radical (unpaired) electrons. The van der Waals surface area contributed by atoms with Gasteiger partial charge in [-0.15, -0.1) is 0 Å². The van der Waals surface area contributed by atoms with Crippen molar-refractivity contribution >= 4 is 11.3 Å². The number of hydrogen-bond donors (Lipinski definition) is 1. The molecule has 1 aromatic heterocycles. The topological polar surface area (TPSA) is 35.2 Å². The lowest BCUT2D eigenvalue weighted by atomic mass is 10.0. The van der Waals surface area contributed by atoms with E-state index < -0.39 is 0 Å². The van der Waals surface area contributed by atoms with Crippen LogP contribution in [0.2, 0.25) is 0 Å². The van der Waals surface area contributed by atoms with E-state index in [1.165, 1.54) is 31.2 Å². The van der Waals surface area contributed by atoms with Crippen molar-refractivity contribution in [3.8, 4) is 0 Å². The van der Waals surface area contributed by atoms with Gasteiger partial charge in [-0.25, -0.2) is 0 Å². The lowest BCUT2D eigenvalue weighted by Crippen LogP contribution is -2.31. The van der Waals surface area contributed by atoms with E-state index in [4.69, 9.17) is 10.5 Å². The summed E-state index contributed by atoms with van der Waals surface area (Å²) >= 11 is 1.72. The van der Waals surface area contributed by atoms with Crippen LogP contribution in [0, 0.1) is 0 Å². The molecule has 1 aliphatic carbocycles. The maximum absolute atomic E-state index is 6.19. The van der Waals surface area contributed by atoms with Crippen LogP contribution in [0.4, 0.5) is 0 Å². The molecule has 2 unspecified atom stereocenters. The van der Waals surface area contributed by atoms with Crippen molar-refractivity contribution in [1.82, 2.24) is 0 Å². The third-order valence-electron chi connectivity index (χ3n) is 3.37. The highest BCUT2D eigenvalue weighted by molar-refractivity contribution is 7.07. The Morgan fingerprint density at radius 1 is 1.50 bits per heavy atom. The molecule has 2 N–H and O–H groups in total. The Morgan fingerprint density at radius 2 is 2.25 bits per heavy atom. The normalized spacial score (nSPS) is 21.1. The molecular formula is C13H21NOS. The van der Waals surface area contributed by atoms with Crippen molar-refractivity contribution in [2.45, 2.75) is 57.3 Å². The average Bonchev–Trinajstić information content (AvgIpc) is 2.97. The van der Waals surface area contributed by atoms with Crippen molar-refractivity contribution in [2.24, 2.45) is 5.73 Å². The molecule has 2 nitrogen and oxygen atoms in total. The molecule has 0 amide bonds. The number of hydrogen-bond acceptors (Lipinski definition) is 3. The molecule has 1 aliphatic rings. The first kappa shape index (κ1) is 12.1.